The van der Waals surface area contributed by atoms with Crippen molar-refractivity contribution in [2.24, 2.45) is 0 Å². The van der Waals surface area contributed by atoms with Gasteiger partial charge in [0.2, 0.25) is 0 Å². The number of hydrogen-bond acceptors (Lipinski definition) is 2. The number of nitrogens with zero attached hydrogens (tertiary/aromatic N) is 1. The molecule has 2 nitrogen and oxygen atoms in total. The maximum Gasteiger partial charge on any atom is 0.103 e. The van der Waals surface area contributed by atoms with Gasteiger partial charge < -0.3 is 4.98 Å². The monoisotopic (exact) mass is 222 g/mol. The van der Waals surface area contributed by atoms with Crippen molar-refractivity contribution < 1.29 is 0 Å². The van der Waals surface area contributed by atoms with Crippen LogP contribution in [0.15, 0.2) is 18.3 Å². The van der Waals surface area contributed by atoms with Crippen LogP contribution < -0.4 is 0 Å². The van der Waals surface area contributed by atoms with Gasteiger partial charge in [-0.15, -0.1) is 0 Å². The maximum absolute atomic E-state index is 5.06. The van der Waals surface area contributed by atoms with Crippen molar-refractivity contribution in [3.63, 3.8) is 0 Å². The molecule has 1 aromatic heterocycles. The molecule has 0 amide bonds. The number of aromatic nitrogens is 1. The van der Waals surface area contributed by atoms with E-state index in [1.165, 1.54) is 24.9 Å². The summed E-state index contributed by atoms with van der Waals surface area (Å²) in [6, 6.07) is 5.35. The smallest absolute Gasteiger partial charge is 0.103 e. The number of nitrogens with one attached hydrogen (secondary N) is 1. The second-order valence-electron chi connectivity index (χ2n) is 4.48. The highest BCUT2D eigenvalue weighted by atomic mass is 32.1. The van der Waals surface area contributed by atoms with E-state index in [1.54, 1.807) is 0 Å². The quantitative estimate of drug-likeness (QED) is 0.774. The molecule has 0 aliphatic carbocycles. The van der Waals surface area contributed by atoms with Crippen molar-refractivity contribution in [1.82, 2.24) is 9.88 Å². The Kier molecular flexibility index (Phi) is 3.22. The summed E-state index contributed by atoms with van der Waals surface area (Å²) in [5.41, 5.74) is 1.37. The molecule has 1 atom stereocenters. The summed E-state index contributed by atoms with van der Waals surface area (Å²) in [6.07, 6.45) is 4.63. The van der Waals surface area contributed by atoms with Gasteiger partial charge in [-0.25, -0.2) is 0 Å². The van der Waals surface area contributed by atoms with Gasteiger partial charge in [0, 0.05) is 18.3 Å². The van der Waals surface area contributed by atoms with Crippen molar-refractivity contribution in [2.75, 3.05) is 6.54 Å². The topological polar surface area (TPSA) is 19.0 Å². The minimum Gasteiger partial charge on any atom is -0.353 e. The molecule has 1 unspecified atom stereocenters. The highest BCUT2D eigenvalue weighted by Crippen LogP contribution is 2.32. The number of hydrogen-bond donors (Lipinski definition) is 1. The van der Waals surface area contributed by atoms with Crippen LogP contribution in [0.5, 0.6) is 0 Å². The van der Waals surface area contributed by atoms with Crippen LogP contribution in [0.4, 0.5) is 0 Å². The first-order chi connectivity index (χ1) is 7.18. The molecule has 1 aliphatic heterocycles. The van der Waals surface area contributed by atoms with E-state index in [0.29, 0.717) is 12.1 Å². The first-order valence-electron chi connectivity index (χ1n) is 5.63. The van der Waals surface area contributed by atoms with Crippen LogP contribution in [0.2, 0.25) is 0 Å². The van der Waals surface area contributed by atoms with Crippen LogP contribution in [0.3, 0.4) is 0 Å². The van der Waals surface area contributed by atoms with Gasteiger partial charge in [0.05, 0.1) is 0 Å². The normalized spacial score (nSPS) is 22.5. The zero-order chi connectivity index (χ0) is 10.8. The van der Waals surface area contributed by atoms with Gasteiger partial charge in [-0.2, -0.15) is 0 Å². The van der Waals surface area contributed by atoms with Gasteiger partial charge in [0.15, 0.2) is 0 Å². The predicted octanol–water partition coefficient (Wildman–Crippen LogP) is 3.29. The van der Waals surface area contributed by atoms with Gasteiger partial charge in [0.1, 0.15) is 4.64 Å². The Bertz CT molecular complexity index is 363. The second kappa shape index (κ2) is 4.45. The molecule has 1 aliphatic rings. The zero-order valence-electron chi connectivity index (χ0n) is 9.36. The third-order valence-electron chi connectivity index (χ3n) is 3.15. The predicted molar refractivity (Wildman–Crippen MR) is 65.4 cm³/mol. The SMILES string of the molecule is CC(C)N1CCCC1c1ccc(=S)[nH]c1. The minimum atomic E-state index is 0.580. The maximum atomic E-state index is 5.06. The molecule has 0 radical (unpaired) electrons. The Hall–Kier alpha value is -0.670. The summed E-state index contributed by atoms with van der Waals surface area (Å²) in [4.78, 5) is 5.69. The number of pyridine rings is 1. The van der Waals surface area contributed by atoms with E-state index in [2.05, 4.69) is 36.0 Å². The molecule has 0 saturated carbocycles. The molecule has 1 fully saturated rings. The molecule has 0 bridgehead atoms. The average Bonchev–Trinajstić information content (AvgIpc) is 2.67. The number of H-pyrrole nitrogens is 1. The van der Waals surface area contributed by atoms with Gasteiger partial charge in [0.25, 0.3) is 0 Å². The Morgan fingerprint density at radius 1 is 1.47 bits per heavy atom. The van der Waals surface area contributed by atoms with Gasteiger partial charge in [-0.3, -0.25) is 4.90 Å². The fraction of sp³-hybridized carbons (Fsp3) is 0.583. The highest BCUT2D eigenvalue weighted by molar-refractivity contribution is 7.71. The summed E-state index contributed by atoms with van der Waals surface area (Å²) < 4.78 is 0.813. The van der Waals surface area contributed by atoms with Crippen LogP contribution in [-0.2, 0) is 0 Å². The molecular formula is C12H18N2S. The molecule has 1 saturated heterocycles. The third kappa shape index (κ3) is 2.29. The van der Waals surface area contributed by atoms with E-state index >= 15 is 0 Å². The Morgan fingerprint density at radius 3 is 2.87 bits per heavy atom. The average molecular weight is 222 g/mol. The lowest BCUT2D eigenvalue weighted by Crippen LogP contribution is -2.30. The van der Waals surface area contributed by atoms with Crippen molar-refractivity contribution in [3.05, 3.63) is 28.5 Å². The minimum absolute atomic E-state index is 0.580. The third-order valence-corrected chi connectivity index (χ3v) is 3.40. The summed E-state index contributed by atoms with van der Waals surface area (Å²) in [5.74, 6) is 0. The van der Waals surface area contributed by atoms with Gasteiger partial charge in [-0.1, -0.05) is 18.3 Å². The van der Waals surface area contributed by atoms with Crippen molar-refractivity contribution in [3.8, 4) is 0 Å². The van der Waals surface area contributed by atoms with E-state index in [4.69, 9.17) is 12.2 Å². The van der Waals surface area contributed by atoms with E-state index < -0.39 is 0 Å². The van der Waals surface area contributed by atoms with Crippen molar-refractivity contribution >= 4 is 12.2 Å². The summed E-state index contributed by atoms with van der Waals surface area (Å²) in [5, 5.41) is 0. The summed E-state index contributed by atoms with van der Waals surface area (Å²) in [7, 11) is 0. The number of rotatable bonds is 2. The molecule has 82 valence electrons. The van der Waals surface area contributed by atoms with Crippen LogP contribution in [-0.4, -0.2) is 22.5 Å². The fourth-order valence-electron chi connectivity index (χ4n) is 2.39. The molecule has 2 rings (SSSR count). The largest absolute Gasteiger partial charge is 0.353 e. The molecule has 0 aromatic carbocycles. The number of aromatic amines is 1. The molecular weight excluding hydrogens is 204 g/mol. The van der Waals surface area contributed by atoms with Crippen molar-refractivity contribution in [1.29, 1.82) is 0 Å². The van der Waals surface area contributed by atoms with E-state index in [-0.39, 0.29) is 0 Å². The summed E-state index contributed by atoms with van der Waals surface area (Å²) >= 11 is 5.06. The molecule has 0 spiro atoms. The van der Waals surface area contributed by atoms with E-state index in [1.807, 2.05) is 6.07 Å². The van der Waals surface area contributed by atoms with Crippen LogP contribution >= 0.6 is 12.2 Å². The van der Waals surface area contributed by atoms with E-state index in [9.17, 15) is 0 Å². The lowest BCUT2D eigenvalue weighted by Gasteiger charge is -2.28. The zero-order valence-corrected chi connectivity index (χ0v) is 10.2. The second-order valence-corrected chi connectivity index (χ2v) is 4.92. The van der Waals surface area contributed by atoms with Gasteiger partial charge >= 0.3 is 0 Å². The van der Waals surface area contributed by atoms with Crippen LogP contribution in [0.25, 0.3) is 0 Å². The van der Waals surface area contributed by atoms with E-state index in [0.717, 1.165) is 4.64 Å². The lowest BCUT2D eigenvalue weighted by molar-refractivity contribution is 0.205. The van der Waals surface area contributed by atoms with Crippen molar-refractivity contribution in [2.45, 2.75) is 38.8 Å². The Morgan fingerprint density at radius 2 is 2.27 bits per heavy atom. The van der Waals surface area contributed by atoms with Gasteiger partial charge in [-0.05, 0) is 44.9 Å². The standard InChI is InChI=1S/C12H18N2S/c1-9(2)14-7-3-4-11(14)10-5-6-12(15)13-8-10/h5-6,8-9,11H,3-4,7H2,1-2H3,(H,13,15). The molecule has 1 N–H and O–H groups in total. The van der Waals surface area contributed by atoms with Crippen LogP contribution in [0, 0.1) is 4.64 Å². The lowest BCUT2D eigenvalue weighted by atomic mass is 10.1. The molecule has 15 heavy (non-hydrogen) atoms. The van der Waals surface area contributed by atoms with Crippen LogP contribution in [0.1, 0.15) is 38.3 Å². The molecule has 1 aromatic rings. The molecule has 2 heterocycles. The Labute approximate surface area is 96.3 Å². The first-order valence-corrected chi connectivity index (χ1v) is 6.03. The highest BCUT2D eigenvalue weighted by Gasteiger charge is 2.27. The summed E-state index contributed by atoms with van der Waals surface area (Å²) in [6.45, 7) is 5.75. The Balaban J connectivity index is 2.22. The fourth-order valence-corrected chi connectivity index (χ4v) is 2.52. The first kappa shape index (κ1) is 10.8. The number of likely N-dealkylation sites (tertiary alicyclic amines) is 1. The molecule has 3 heteroatoms.